The molecule has 80 valence electrons. The van der Waals surface area contributed by atoms with Crippen LogP contribution in [0, 0.1) is 0 Å². The first-order valence-corrected chi connectivity index (χ1v) is 4.82. The lowest BCUT2D eigenvalue weighted by atomic mass is 10.2. The molecule has 0 atom stereocenters. The van der Waals surface area contributed by atoms with E-state index in [1.54, 1.807) is 11.0 Å². The van der Waals surface area contributed by atoms with Crippen LogP contribution in [-0.4, -0.2) is 29.2 Å². The van der Waals surface area contributed by atoms with E-state index in [2.05, 4.69) is 10.8 Å². The molecular formula is C10H13N3O2. The molecule has 0 spiro atoms. The fourth-order valence-electron chi connectivity index (χ4n) is 1.63. The number of hydrogen-bond acceptors (Lipinski definition) is 3. The summed E-state index contributed by atoms with van der Waals surface area (Å²) in [5.41, 5.74) is 3.66. The van der Waals surface area contributed by atoms with E-state index in [0.717, 1.165) is 5.56 Å². The van der Waals surface area contributed by atoms with Crippen LogP contribution in [-0.2, 0) is 6.54 Å². The third-order valence-electron chi connectivity index (χ3n) is 2.44. The number of para-hydroxylation sites is 1. The van der Waals surface area contributed by atoms with E-state index in [0.29, 0.717) is 25.3 Å². The van der Waals surface area contributed by atoms with Gasteiger partial charge in [-0.2, -0.15) is 0 Å². The van der Waals surface area contributed by atoms with Gasteiger partial charge in [-0.05, 0) is 11.6 Å². The smallest absolute Gasteiger partial charge is 0.317 e. The summed E-state index contributed by atoms with van der Waals surface area (Å²) in [5.74, 6) is 0. The third-order valence-corrected chi connectivity index (χ3v) is 2.44. The van der Waals surface area contributed by atoms with Crippen molar-refractivity contribution in [3.05, 3.63) is 29.8 Å². The van der Waals surface area contributed by atoms with Crippen molar-refractivity contribution in [1.29, 1.82) is 0 Å². The monoisotopic (exact) mass is 207 g/mol. The Bertz CT molecular complexity index is 367. The lowest BCUT2D eigenvalue weighted by Crippen LogP contribution is -2.27. The molecule has 2 amide bonds. The van der Waals surface area contributed by atoms with Gasteiger partial charge >= 0.3 is 6.03 Å². The molecule has 2 rings (SSSR count). The van der Waals surface area contributed by atoms with Gasteiger partial charge in [-0.25, -0.2) is 4.79 Å². The molecule has 1 saturated heterocycles. The number of carbonyl (C=O) groups excluding carboxylic acids is 1. The number of hydrogen-bond donors (Lipinski definition) is 3. The summed E-state index contributed by atoms with van der Waals surface area (Å²) in [6, 6.07) is 7.30. The number of anilines is 1. The van der Waals surface area contributed by atoms with Crippen LogP contribution >= 0.6 is 0 Å². The van der Waals surface area contributed by atoms with Crippen molar-refractivity contribution in [3.8, 4) is 0 Å². The average Bonchev–Trinajstić information content (AvgIpc) is 2.65. The molecule has 1 heterocycles. The van der Waals surface area contributed by atoms with Crippen LogP contribution in [0.2, 0.25) is 0 Å². The number of carbonyl (C=O) groups is 1. The van der Waals surface area contributed by atoms with Gasteiger partial charge in [0.15, 0.2) is 0 Å². The minimum Gasteiger partial charge on any atom is -0.336 e. The Balaban J connectivity index is 2.12. The van der Waals surface area contributed by atoms with E-state index in [9.17, 15) is 4.79 Å². The predicted molar refractivity (Wildman–Crippen MR) is 55.7 cm³/mol. The van der Waals surface area contributed by atoms with E-state index in [1.165, 1.54) is 0 Å². The summed E-state index contributed by atoms with van der Waals surface area (Å²) < 4.78 is 0. The van der Waals surface area contributed by atoms with Crippen LogP contribution in [0.5, 0.6) is 0 Å². The van der Waals surface area contributed by atoms with E-state index in [-0.39, 0.29) is 6.03 Å². The number of rotatable bonds is 3. The number of benzene rings is 1. The molecule has 1 aliphatic rings. The zero-order valence-electron chi connectivity index (χ0n) is 8.23. The quantitative estimate of drug-likeness (QED) is 0.648. The summed E-state index contributed by atoms with van der Waals surface area (Å²) in [7, 11) is 0. The standard InChI is InChI=1S/C10H13N3O2/c14-10-11-5-6-13(10)7-8-3-1-2-4-9(8)12-15/h1-4,12,15H,5-7H2,(H,11,14). The molecule has 15 heavy (non-hydrogen) atoms. The summed E-state index contributed by atoms with van der Waals surface area (Å²) >= 11 is 0. The van der Waals surface area contributed by atoms with Crippen molar-refractivity contribution in [1.82, 2.24) is 10.2 Å². The highest BCUT2D eigenvalue weighted by atomic mass is 16.5. The number of urea groups is 1. The molecule has 0 unspecified atom stereocenters. The van der Waals surface area contributed by atoms with Gasteiger partial charge in [-0.15, -0.1) is 0 Å². The second kappa shape index (κ2) is 4.18. The van der Waals surface area contributed by atoms with Gasteiger partial charge in [-0.1, -0.05) is 18.2 Å². The summed E-state index contributed by atoms with van der Waals surface area (Å²) in [5, 5.41) is 11.6. The number of amides is 2. The number of nitrogens with zero attached hydrogens (tertiary/aromatic N) is 1. The van der Waals surface area contributed by atoms with Gasteiger partial charge in [0.25, 0.3) is 0 Å². The Labute approximate surface area is 87.7 Å². The van der Waals surface area contributed by atoms with Gasteiger partial charge in [-0.3, -0.25) is 10.7 Å². The normalized spacial score (nSPS) is 15.3. The highest BCUT2D eigenvalue weighted by molar-refractivity contribution is 5.76. The van der Waals surface area contributed by atoms with Crippen LogP contribution < -0.4 is 10.8 Å². The van der Waals surface area contributed by atoms with Crippen molar-refractivity contribution in [2.45, 2.75) is 6.54 Å². The molecule has 1 aliphatic heterocycles. The second-order valence-corrected chi connectivity index (χ2v) is 3.42. The SMILES string of the molecule is O=C1NCCN1Cc1ccccc1NO. The van der Waals surface area contributed by atoms with E-state index >= 15 is 0 Å². The first-order valence-electron chi connectivity index (χ1n) is 4.82. The van der Waals surface area contributed by atoms with Crippen LogP contribution in [0.15, 0.2) is 24.3 Å². The van der Waals surface area contributed by atoms with Gasteiger partial charge in [0.2, 0.25) is 0 Å². The van der Waals surface area contributed by atoms with E-state index in [4.69, 9.17) is 5.21 Å². The van der Waals surface area contributed by atoms with Crippen molar-refractivity contribution in [3.63, 3.8) is 0 Å². The third kappa shape index (κ3) is 2.02. The molecule has 0 aromatic heterocycles. The Morgan fingerprint density at radius 2 is 2.27 bits per heavy atom. The van der Waals surface area contributed by atoms with Gasteiger partial charge in [0, 0.05) is 19.6 Å². The summed E-state index contributed by atoms with van der Waals surface area (Å²) in [4.78, 5) is 13.0. The van der Waals surface area contributed by atoms with Crippen molar-refractivity contribution < 1.29 is 10.0 Å². The Morgan fingerprint density at radius 3 is 2.93 bits per heavy atom. The van der Waals surface area contributed by atoms with Crippen molar-refractivity contribution in [2.75, 3.05) is 18.6 Å². The van der Waals surface area contributed by atoms with E-state index in [1.807, 2.05) is 18.2 Å². The molecule has 0 radical (unpaired) electrons. The predicted octanol–water partition coefficient (Wildman–Crippen LogP) is 1.01. The highest BCUT2D eigenvalue weighted by Gasteiger charge is 2.20. The molecule has 5 heteroatoms. The summed E-state index contributed by atoms with van der Waals surface area (Å²) in [6.45, 7) is 1.90. The van der Waals surface area contributed by atoms with Crippen LogP contribution in [0.4, 0.5) is 10.5 Å². The topological polar surface area (TPSA) is 64.6 Å². The average molecular weight is 207 g/mol. The van der Waals surface area contributed by atoms with Crippen LogP contribution in [0.1, 0.15) is 5.56 Å². The minimum absolute atomic E-state index is 0.0530. The second-order valence-electron chi connectivity index (χ2n) is 3.42. The fourth-order valence-corrected chi connectivity index (χ4v) is 1.63. The molecular weight excluding hydrogens is 194 g/mol. The lowest BCUT2D eigenvalue weighted by Gasteiger charge is -2.16. The minimum atomic E-state index is -0.0530. The maximum absolute atomic E-state index is 11.3. The van der Waals surface area contributed by atoms with Crippen molar-refractivity contribution in [2.24, 2.45) is 0 Å². The van der Waals surface area contributed by atoms with E-state index < -0.39 is 0 Å². The first kappa shape index (κ1) is 9.79. The maximum atomic E-state index is 11.3. The number of nitrogens with one attached hydrogen (secondary N) is 2. The van der Waals surface area contributed by atoms with Gasteiger partial charge in [0.1, 0.15) is 0 Å². The lowest BCUT2D eigenvalue weighted by molar-refractivity contribution is 0.215. The maximum Gasteiger partial charge on any atom is 0.317 e. The van der Waals surface area contributed by atoms with Crippen LogP contribution in [0.25, 0.3) is 0 Å². The van der Waals surface area contributed by atoms with Crippen LogP contribution in [0.3, 0.4) is 0 Å². The molecule has 3 N–H and O–H groups in total. The van der Waals surface area contributed by atoms with Crippen molar-refractivity contribution >= 4 is 11.7 Å². The first-order chi connectivity index (χ1) is 7.31. The van der Waals surface area contributed by atoms with Gasteiger partial charge < -0.3 is 10.2 Å². The molecule has 5 nitrogen and oxygen atoms in total. The zero-order chi connectivity index (χ0) is 10.7. The zero-order valence-corrected chi connectivity index (χ0v) is 8.23. The highest BCUT2D eigenvalue weighted by Crippen LogP contribution is 2.17. The summed E-state index contributed by atoms with van der Waals surface area (Å²) in [6.07, 6.45) is 0. The molecule has 0 bridgehead atoms. The molecule has 0 aliphatic carbocycles. The fraction of sp³-hybridized carbons (Fsp3) is 0.300. The van der Waals surface area contributed by atoms with Gasteiger partial charge in [0.05, 0.1) is 5.69 Å². The molecule has 1 fully saturated rings. The Hall–Kier alpha value is -1.75. The molecule has 1 aromatic carbocycles. The Morgan fingerprint density at radius 1 is 1.47 bits per heavy atom. The molecule has 1 aromatic rings. The Kier molecular flexibility index (Phi) is 2.73. The largest absolute Gasteiger partial charge is 0.336 e. The molecule has 0 saturated carbocycles.